The molecule has 0 fully saturated rings. The Morgan fingerprint density at radius 2 is 1.47 bits per heavy atom. The van der Waals surface area contributed by atoms with E-state index in [-0.39, 0.29) is 5.57 Å². The van der Waals surface area contributed by atoms with Gasteiger partial charge in [0.15, 0.2) is 0 Å². The van der Waals surface area contributed by atoms with Gasteiger partial charge in [-0.3, -0.25) is 4.79 Å². The monoisotopic (exact) mass is 493 g/mol. The van der Waals surface area contributed by atoms with Crippen molar-refractivity contribution in [2.45, 2.75) is 6.92 Å². The molecule has 0 heterocycles. The van der Waals surface area contributed by atoms with E-state index in [2.05, 4.69) is 10.2 Å². The largest absolute Gasteiger partial charge is 0.495 e. The average Bonchev–Trinajstić information content (AvgIpc) is 2.91. The summed E-state index contributed by atoms with van der Waals surface area (Å²) in [6, 6.07) is 33.2. The quantitative estimate of drug-likeness (QED) is 0.212. The fourth-order valence-electron chi connectivity index (χ4n) is 3.76. The first-order chi connectivity index (χ1) is 17.5. The maximum atomic E-state index is 12.9. The van der Waals surface area contributed by atoms with E-state index in [0.29, 0.717) is 16.5 Å². The molecule has 0 saturated heterocycles. The van der Waals surface area contributed by atoms with Gasteiger partial charge in [0, 0.05) is 28.2 Å². The van der Waals surface area contributed by atoms with E-state index in [0.717, 1.165) is 28.2 Å². The molecule has 0 unspecified atom stereocenters. The Morgan fingerprint density at radius 1 is 0.917 bits per heavy atom. The van der Waals surface area contributed by atoms with E-state index < -0.39 is 5.91 Å². The Morgan fingerprint density at radius 3 is 2.00 bits per heavy atom. The van der Waals surface area contributed by atoms with Gasteiger partial charge >= 0.3 is 0 Å². The number of carbonyl (C=O) groups excluding carboxylic acids is 1. The zero-order valence-electron chi connectivity index (χ0n) is 19.9. The molecular weight excluding hydrogens is 470 g/mol. The van der Waals surface area contributed by atoms with Crippen molar-refractivity contribution in [3.05, 3.63) is 119 Å². The van der Waals surface area contributed by atoms with Gasteiger partial charge in [-0.25, -0.2) is 0 Å². The number of hydrogen-bond acceptors (Lipinski definition) is 4. The molecule has 0 saturated carbocycles. The lowest BCUT2D eigenvalue weighted by molar-refractivity contribution is -0.112. The zero-order valence-corrected chi connectivity index (χ0v) is 20.7. The summed E-state index contributed by atoms with van der Waals surface area (Å²) in [6.07, 6.45) is 1.56. The highest BCUT2D eigenvalue weighted by molar-refractivity contribution is 6.31. The van der Waals surface area contributed by atoms with Crippen LogP contribution in [0.4, 0.5) is 22.7 Å². The lowest BCUT2D eigenvalue weighted by Crippen LogP contribution is -2.14. The molecule has 0 aliphatic carbocycles. The van der Waals surface area contributed by atoms with E-state index >= 15 is 0 Å². The first-order valence-electron chi connectivity index (χ1n) is 11.3. The first kappa shape index (κ1) is 24.6. The van der Waals surface area contributed by atoms with Crippen LogP contribution in [0, 0.1) is 18.3 Å². The van der Waals surface area contributed by atoms with Crippen molar-refractivity contribution in [2.24, 2.45) is 0 Å². The van der Waals surface area contributed by atoms with Crippen molar-refractivity contribution in [1.29, 1.82) is 5.26 Å². The highest BCUT2D eigenvalue weighted by atomic mass is 35.5. The number of methoxy groups -OCH3 is 1. The molecule has 178 valence electrons. The molecule has 6 heteroatoms. The van der Waals surface area contributed by atoms with Crippen molar-refractivity contribution >= 4 is 46.3 Å². The van der Waals surface area contributed by atoms with Crippen molar-refractivity contribution in [3.63, 3.8) is 0 Å². The molecule has 1 N–H and O–H groups in total. The smallest absolute Gasteiger partial charge is 0.266 e. The molecule has 4 aromatic carbocycles. The van der Waals surface area contributed by atoms with Crippen LogP contribution in [-0.4, -0.2) is 13.0 Å². The Balaban J connectivity index is 1.61. The zero-order chi connectivity index (χ0) is 25.5. The molecule has 36 heavy (non-hydrogen) atoms. The van der Waals surface area contributed by atoms with Gasteiger partial charge in [0.05, 0.1) is 12.8 Å². The third kappa shape index (κ3) is 5.57. The summed E-state index contributed by atoms with van der Waals surface area (Å²) in [4.78, 5) is 15.0. The second kappa shape index (κ2) is 11.3. The van der Waals surface area contributed by atoms with Gasteiger partial charge in [-0.1, -0.05) is 60.1 Å². The Hall–Kier alpha value is -4.53. The SMILES string of the molecule is COc1cc(Cl)c(C)cc1NC(=O)/C(C#N)=C/c1ccc(N(c2ccccc2)c2ccccc2)cc1. The van der Waals surface area contributed by atoms with Crippen LogP contribution in [0.15, 0.2) is 103 Å². The topological polar surface area (TPSA) is 65.4 Å². The van der Waals surface area contributed by atoms with Crippen LogP contribution < -0.4 is 15.0 Å². The van der Waals surface area contributed by atoms with Gasteiger partial charge in [0.1, 0.15) is 17.4 Å². The number of hydrogen-bond donors (Lipinski definition) is 1. The number of anilines is 4. The number of ether oxygens (including phenoxy) is 1. The third-order valence-electron chi connectivity index (χ3n) is 5.59. The fourth-order valence-corrected chi connectivity index (χ4v) is 3.91. The van der Waals surface area contributed by atoms with Gasteiger partial charge in [0.25, 0.3) is 5.91 Å². The predicted molar refractivity (Wildman–Crippen MR) is 146 cm³/mol. The van der Waals surface area contributed by atoms with Crippen molar-refractivity contribution < 1.29 is 9.53 Å². The number of rotatable bonds is 7. The summed E-state index contributed by atoms with van der Waals surface area (Å²) in [5.74, 6) is -0.112. The number of carbonyl (C=O) groups is 1. The van der Waals surface area contributed by atoms with Crippen LogP contribution in [0.2, 0.25) is 5.02 Å². The summed E-state index contributed by atoms with van der Waals surface area (Å²) < 4.78 is 5.32. The molecule has 0 aromatic heterocycles. The summed E-state index contributed by atoms with van der Waals surface area (Å²) in [5, 5.41) is 12.9. The number of para-hydroxylation sites is 2. The number of amides is 1. The Labute approximate surface area is 215 Å². The van der Waals surface area contributed by atoms with E-state index in [1.54, 1.807) is 18.2 Å². The molecule has 5 nitrogen and oxygen atoms in total. The van der Waals surface area contributed by atoms with E-state index in [1.807, 2.05) is 97.9 Å². The predicted octanol–water partition coefficient (Wildman–Crippen LogP) is 7.67. The molecule has 0 bridgehead atoms. The van der Waals surface area contributed by atoms with Gasteiger partial charge in [-0.2, -0.15) is 5.26 Å². The van der Waals surface area contributed by atoms with Crippen LogP contribution in [0.25, 0.3) is 6.08 Å². The molecule has 1 amide bonds. The minimum Gasteiger partial charge on any atom is -0.495 e. The van der Waals surface area contributed by atoms with E-state index in [1.165, 1.54) is 7.11 Å². The molecule has 0 atom stereocenters. The average molecular weight is 494 g/mol. The number of aryl methyl sites for hydroxylation is 1. The Kier molecular flexibility index (Phi) is 7.69. The molecule has 4 aromatic rings. The maximum Gasteiger partial charge on any atom is 0.266 e. The molecular formula is C30H24ClN3O2. The number of halogens is 1. The Bertz CT molecular complexity index is 1390. The molecule has 0 aliphatic rings. The minimum absolute atomic E-state index is 0.0274. The molecule has 0 aliphatic heterocycles. The standard InChI is InChI=1S/C30H24ClN3O2/c1-21-17-28(29(36-2)19-27(21)31)33-30(35)23(20-32)18-22-13-15-26(16-14-22)34(24-9-5-3-6-10-24)25-11-7-4-8-12-25/h3-19H,1-2H3,(H,33,35)/b23-18+. The normalized spacial score (nSPS) is 10.9. The van der Waals surface area contributed by atoms with Crippen LogP contribution >= 0.6 is 11.6 Å². The van der Waals surface area contributed by atoms with Gasteiger partial charge in [-0.05, 0) is 66.6 Å². The minimum atomic E-state index is -0.531. The highest BCUT2D eigenvalue weighted by Crippen LogP contribution is 2.34. The van der Waals surface area contributed by atoms with Crippen molar-refractivity contribution in [2.75, 3.05) is 17.3 Å². The second-order valence-corrected chi connectivity index (χ2v) is 8.43. The summed E-state index contributed by atoms with van der Waals surface area (Å²) in [6.45, 7) is 1.83. The number of nitrogens with one attached hydrogen (secondary N) is 1. The summed E-state index contributed by atoms with van der Waals surface area (Å²) in [5.41, 5.74) is 4.93. The van der Waals surface area contributed by atoms with Crippen LogP contribution in [0.3, 0.4) is 0 Å². The molecule has 0 spiro atoms. The van der Waals surface area contributed by atoms with Crippen molar-refractivity contribution in [3.8, 4) is 11.8 Å². The fraction of sp³-hybridized carbons (Fsp3) is 0.0667. The lowest BCUT2D eigenvalue weighted by atomic mass is 10.1. The van der Waals surface area contributed by atoms with Gasteiger partial charge in [-0.15, -0.1) is 0 Å². The maximum absolute atomic E-state index is 12.9. The van der Waals surface area contributed by atoms with E-state index in [9.17, 15) is 10.1 Å². The first-order valence-corrected chi connectivity index (χ1v) is 11.7. The molecule has 0 radical (unpaired) electrons. The number of nitriles is 1. The molecule has 4 rings (SSSR count). The van der Waals surface area contributed by atoms with Crippen molar-refractivity contribution in [1.82, 2.24) is 0 Å². The van der Waals surface area contributed by atoms with Crippen LogP contribution in [-0.2, 0) is 4.79 Å². The van der Waals surface area contributed by atoms with Crippen LogP contribution in [0.5, 0.6) is 5.75 Å². The van der Waals surface area contributed by atoms with Crippen LogP contribution in [0.1, 0.15) is 11.1 Å². The van der Waals surface area contributed by atoms with Gasteiger partial charge < -0.3 is 15.0 Å². The number of nitrogens with zero attached hydrogens (tertiary/aromatic N) is 2. The van der Waals surface area contributed by atoms with Gasteiger partial charge in [0.2, 0.25) is 0 Å². The highest BCUT2D eigenvalue weighted by Gasteiger charge is 2.15. The second-order valence-electron chi connectivity index (χ2n) is 8.02. The third-order valence-corrected chi connectivity index (χ3v) is 5.99. The summed E-state index contributed by atoms with van der Waals surface area (Å²) in [7, 11) is 1.49. The summed E-state index contributed by atoms with van der Waals surface area (Å²) >= 11 is 6.15. The lowest BCUT2D eigenvalue weighted by Gasteiger charge is -2.25. The van der Waals surface area contributed by atoms with E-state index in [4.69, 9.17) is 16.3 Å². The number of benzene rings is 4.